The Labute approximate surface area is 90.6 Å². The lowest BCUT2D eigenvalue weighted by molar-refractivity contribution is -0.138. The molecule has 0 aliphatic heterocycles. The predicted molar refractivity (Wildman–Crippen MR) is 53.1 cm³/mol. The number of alkyl halides is 3. The van der Waals surface area contributed by atoms with Crippen LogP contribution >= 0.6 is 0 Å². The van der Waals surface area contributed by atoms with Crippen LogP contribution in [-0.4, -0.2) is 0 Å². The molecule has 1 aromatic carbocycles. The Balaban J connectivity index is 3.23. The van der Waals surface area contributed by atoms with E-state index in [2.05, 4.69) is 6.58 Å². The summed E-state index contributed by atoms with van der Waals surface area (Å²) in [7, 11) is 0. The fourth-order valence-electron chi connectivity index (χ4n) is 1.41. The minimum atomic E-state index is -4.53. The molecule has 0 saturated heterocycles. The summed E-state index contributed by atoms with van der Waals surface area (Å²) in [6.07, 6.45) is -2.97. The molecule has 1 aromatic rings. The third-order valence-electron chi connectivity index (χ3n) is 2.14. The monoisotopic (exact) mass is 233 g/mol. The number of nitrogens with two attached hydrogens (primary N) is 1. The third-order valence-corrected chi connectivity index (χ3v) is 2.14. The van der Waals surface area contributed by atoms with Gasteiger partial charge >= 0.3 is 6.18 Å². The van der Waals surface area contributed by atoms with Gasteiger partial charge in [0.1, 0.15) is 5.82 Å². The Bertz CT molecular complexity index is 384. The summed E-state index contributed by atoms with van der Waals surface area (Å²) in [6.45, 7) is 3.39. The molecule has 0 saturated carbocycles. The highest BCUT2D eigenvalue weighted by molar-refractivity contribution is 5.33. The Kier molecular flexibility index (Phi) is 3.70. The molecule has 1 nitrogen and oxygen atoms in total. The quantitative estimate of drug-likeness (QED) is 0.628. The minimum absolute atomic E-state index is 0.159. The van der Waals surface area contributed by atoms with Gasteiger partial charge in [-0.3, -0.25) is 0 Å². The van der Waals surface area contributed by atoms with E-state index in [1.54, 1.807) is 0 Å². The zero-order valence-corrected chi connectivity index (χ0v) is 8.39. The van der Waals surface area contributed by atoms with Crippen molar-refractivity contribution in [3.8, 4) is 0 Å². The van der Waals surface area contributed by atoms with Crippen LogP contribution in [0.2, 0.25) is 0 Å². The second-order valence-electron chi connectivity index (χ2n) is 3.36. The minimum Gasteiger partial charge on any atom is -0.324 e. The van der Waals surface area contributed by atoms with Gasteiger partial charge in [0.2, 0.25) is 0 Å². The lowest BCUT2D eigenvalue weighted by Gasteiger charge is -2.17. The van der Waals surface area contributed by atoms with E-state index >= 15 is 0 Å². The largest absolute Gasteiger partial charge is 0.416 e. The topological polar surface area (TPSA) is 26.0 Å². The van der Waals surface area contributed by atoms with Crippen LogP contribution in [0.3, 0.4) is 0 Å². The van der Waals surface area contributed by atoms with Crippen molar-refractivity contribution in [3.63, 3.8) is 0 Å². The maximum atomic E-state index is 12.9. The normalized spacial score (nSPS) is 13.6. The van der Waals surface area contributed by atoms with E-state index in [1.165, 1.54) is 6.08 Å². The number of hydrogen-bond acceptors (Lipinski definition) is 1. The van der Waals surface area contributed by atoms with Crippen LogP contribution in [0.15, 0.2) is 30.9 Å². The molecule has 0 aromatic heterocycles. The second kappa shape index (κ2) is 4.65. The van der Waals surface area contributed by atoms with Crippen LogP contribution in [0.5, 0.6) is 0 Å². The van der Waals surface area contributed by atoms with Crippen molar-refractivity contribution >= 4 is 0 Å². The molecule has 5 heteroatoms. The molecule has 0 radical (unpaired) electrons. The highest BCUT2D eigenvalue weighted by Crippen LogP contribution is 2.35. The molecular weight excluding hydrogens is 222 g/mol. The number of benzene rings is 1. The lowest BCUT2D eigenvalue weighted by Crippen LogP contribution is -2.17. The highest BCUT2D eigenvalue weighted by atomic mass is 19.4. The van der Waals surface area contributed by atoms with Gasteiger partial charge in [0, 0.05) is 6.04 Å². The maximum absolute atomic E-state index is 12.9. The summed E-state index contributed by atoms with van der Waals surface area (Å²) in [5.41, 5.74) is 4.39. The van der Waals surface area contributed by atoms with Gasteiger partial charge in [0.15, 0.2) is 0 Å². The Morgan fingerprint density at radius 3 is 2.50 bits per heavy atom. The van der Waals surface area contributed by atoms with E-state index in [4.69, 9.17) is 5.73 Å². The van der Waals surface area contributed by atoms with Gasteiger partial charge in [-0.25, -0.2) is 4.39 Å². The summed E-state index contributed by atoms with van der Waals surface area (Å²) in [6, 6.07) is 1.39. The molecule has 0 bridgehead atoms. The molecular formula is C11H11F4N. The van der Waals surface area contributed by atoms with Crippen molar-refractivity contribution < 1.29 is 17.6 Å². The van der Waals surface area contributed by atoms with E-state index in [1.807, 2.05) is 0 Å². The molecule has 16 heavy (non-hydrogen) atoms. The molecule has 0 spiro atoms. The van der Waals surface area contributed by atoms with Crippen molar-refractivity contribution in [2.75, 3.05) is 0 Å². The second-order valence-corrected chi connectivity index (χ2v) is 3.36. The van der Waals surface area contributed by atoms with Crippen LogP contribution in [-0.2, 0) is 6.18 Å². The van der Waals surface area contributed by atoms with Crippen LogP contribution < -0.4 is 5.73 Å². The zero-order chi connectivity index (χ0) is 12.3. The first-order valence-electron chi connectivity index (χ1n) is 4.59. The molecule has 0 aliphatic carbocycles. The van der Waals surface area contributed by atoms with Crippen LogP contribution in [0.1, 0.15) is 23.6 Å². The number of rotatable bonds is 3. The van der Waals surface area contributed by atoms with Crippen LogP contribution in [0.4, 0.5) is 17.6 Å². The maximum Gasteiger partial charge on any atom is 0.416 e. The lowest BCUT2D eigenvalue weighted by atomic mass is 9.98. The fourth-order valence-corrected chi connectivity index (χ4v) is 1.41. The first-order valence-corrected chi connectivity index (χ1v) is 4.59. The number of hydrogen-bond donors (Lipinski definition) is 1. The molecule has 0 heterocycles. The predicted octanol–water partition coefficient (Wildman–Crippen LogP) is 3.42. The molecule has 1 atom stereocenters. The Hall–Kier alpha value is -1.36. The standard InChI is InChI=1S/C11H11F4N/c1-2-3-10(16)8-6-7(12)4-5-9(8)11(13,14)15/h2,4-6,10H,1,3,16H2/t10-/m1/s1. The number of halogens is 4. The van der Waals surface area contributed by atoms with Crippen molar-refractivity contribution in [1.29, 1.82) is 0 Å². The Morgan fingerprint density at radius 2 is 2.00 bits per heavy atom. The highest BCUT2D eigenvalue weighted by Gasteiger charge is 2.34. The molecule has 0 aliphatic rings. The molecule has 1 rings (SSSR count). The fraction of sp³-hybridized carbons (Fsp3) is 0.273. The molecule has 0 fully saturated rings. The van der Waals surface area contributed by atoms with Gasteiger partial charge in [0.25, 0.3) is 0 Å². The van der Waals surface area contributed by atoms with Gasteiger partial charge in [-0.05, 0) is 30.2 Å². The van der Waals surface area contributed by atoms with Crippen LogP contribution in [0.25, 0.3) is 0 Å². The van der Waals surface area contributed by atoms with Crippen molar-refractivity contribution in [3.05, 3.63) is 47.8 Å². The van der Waals surface area contributed by atoms with Gasteiger partial charge in [-0.2, -0.15) is 13.2 Å². The van der Waals surface area contributed by atoms with Crippen LogP contribution in [0, 0.1) is 5.82 Å². The average Bonchev–Trinajstić information content (AvgIpc) is 2.16. The van der Waals surface area contributed by atoms with E-state index < -0.39 is 23.6 Å². The first-order chi connectivity index (χ1) is 7.36. The van der Waals surface area contributed by atoms with Crippen molar-refractivity contribution in [2.45, 2.75) is 18.6 Å². The summed E-state index contributed by atoms with van der Waals surface area (Å²) < 4.78 is 50.6. The van der Waals surface area contributed by atoms with E-state index in [0.717, 1.165) is 12.1 Å². The summed E-state index contributed by atoms with van der Waals surface area (Å²) >= 11 is 0. The zero-order valence-electron chi connectivity index (χ0n) is 8.39. The summed E-state index contributed by atoms with van der Waals surface area (Å²) in [5.74, 6) is -0.734. The Morgan fingerprint density at radius 1 is 1.38 bits per heavy atom. The first kappa shape index (κ1) is 12.7. The third kappa shape index (κ3) is 2.82. The average molecular weight is 233 g/mol. The van der Waals surface area contributed by atoms with E-state index in [-0.39, 0.29) is 12.0 Å². The van der Waals surface area contributed by atoms with Gasteiger partial charge in [-0.15, -0.1) is 6.58 Å². The summed E-state index contributed by atoms with van der Waals surface area (Å²) in [4.78, 5) is 0. The van der Waals surface area contributed by atoms with Crippen molar-refractivity contribution in [1.82, 2.24) is 0 Å². The van der Waals surface area contributed by atoms with E-state index in [9.17, 15) is 17.6 Å². The SMILES string of the molecule is C=CC[C@@H](N)c1cc(F)ccc1C(F)(F)F. The molecule has 0 amide bonds. The van der Waals surface area contributed by atoms with Gasteiger partial charge < -0.3 is 5.73 Å². The molecule has 2 N–H and O–H groups in total. The van der Waals surface area contributed by atoms with Gasteiger partial charge in [0.05, 0.1) is 5.56 Å². The summed E-state index contributed by atoms with van der Waals surface area (Å²) in [5, 5.41) is 0. The molecule has 0 unspecified atom stereocenters. The molecule has 88 valence electrons. The van der Waals surface area contributed by atoms with Gasteiger partial charge in [-0.1, -0.05) is 6.08 Å². The smallest absolute Gasteiger partial charge is 0.324 e. The van der Waals surface area contributed by atoms with Crippen molar-refractivity contribution in [2.24, 2.45) is 5.73 Å². The van der Waals surface area contributed by atoms with E-state index in [0.29, 0.717) is 6.07 Å².